The Morgan fingerprint density at radius 1 is 1.06 bits per heavy atom. The Labute approximate surface area is 210 Å². The summed E-state index contributed by atoms with van der Waals surface area (Å²) in [4.78, 5) is 51.7. The lowest BCUT2D eigenvalue weighted by molar-refractivity contribution is -0.121. The van der Waals surface area contributed by atoms with Gasteiger partial charge in [0.25, 0.3) is 5.91 Å². The number of carbonyl (C=O) groups is 4. The summed E-state index contributed by atoms with van der Waals surface area (Å²) in [6.07, 6.45) is 0.0594. The van der Waals surface area contributed by atoms with Crippen molar-refractivity contribution in [2.45, 2.75) is 16.6 Å². The Morgan fingerprint density at radius 2 is 1.80 bits per heavy atom. The number of thioether (sulfide) groups is 1. The average molecular weight is 510 g/mol. The summed E-state index contributed by atoms with van der Waals surface area (Å²) in [6.45, 7) is -0.487. The van der Waals surface area contributed by atoms with Crippen LogP contribution in [0.25, 0.3) is 0 Å². The lowest BCUT2D eigenvalue weighted by atomic mass is 10.2. The second kappa shape index (κ2) is 10.6. The average Bonchev–Trinajstić information content (AvgIpc) is 3.10. The van der Waals surface area contributed by atoms with Crippen molar-refractivity contribution in [3.05, 3.63) is 83.4 Å². The molecule has 0 aliphatic carbocycles. The van der Waals surface area contributed by atoms with E-state index in [-0.39, 0.29) is 23.8 Å². The van der Waals surface area contributed by atoms with Gasteiger partial charge in [-0.05, 0) is 60.7 Å². The van der Waals surface area contributed by atoms with Crippen LogP contribution in [0.2, 0.25) is 5.02 Å². The standard InChI is InChI=1S/C25H20ClN3O5S/c26-16-3-1-5-18(11-16)28-22(30)14-34-25(33)15-7-9-19(10-8-15)29-23(31)13-21(24(29)32)35-20-6-2-4-17(27)12-20/h1-12,21H,13-14,27H2,(H,28,30). The fraction of sp³-hybridized carbons (Fsp3) is 0.120. The predicted molar refractivity (Wildman–Crippen MR) is 134 cm³/mol. The van der Waals surface area contributed by atoms with Gasteiger partial charge in [0, 0.05) is 27.7 Å². The summed E-state index contributed by atoms with van der Waals surface area (Å²) in [7, 11) is 0. The number of nitrogens with two attached hydrogens (primary N) is 1. The van der Waals surface area contributed by atoms with E-state index in [9.17, 15) is 19.2 Å². The summed E-state index contributed by atoms with van der Waals surface area (Å²) < 4.78 is 5.05. The third kappa shape index (κ3) is 6.00. The number of hydrogen-bond donors (Lipinski definition) is 2. The summed E-state index contributed by atoms with van der Waals surface area (Å²) in [6, 6.07) is 19.5. The maximum atomic E-state index is 12.9. The number of benzene rings is 3. The number of rotatable bonds is 7. The molecule has 35 heavy (non-hydrogen) atoms. The zero-order valence-corrected chi connectivity index (χ0v) is 19.8. The van der Waals surface area contributed by atoms with Crippen LogP contribution in [0.4, 0.5) is 17.1 Å². The normalized spacial score (nSPS) is 15.2. The first kappa shape index (κ1) is 24.3. The number of hydrogen-bond acceptors (Lipinski definition) is 7. The van der Waals surface area contributed by atoms with Gasteiger partial charge in [-0.25, -0.2) is 9.69 Å². The third-order valence-electron chi connectivity index (χ3n) is 5.05. The Balaban J connectivity index is 1.34. The van der Waals surface area contributed by atoms with Crippen LogP contribution in [0.15, 0.2) is 77.7 Å². The molecule has 3 N–H and O–H groups in total. The summed E-state index contributed by atoms with van der Waals surface area (Å²) >= 11 is 7.16. The molecule has 0 saturated carbocycles. The highest BCUT2D eigenvalue weighted by molar-refractivity contribution is 8.00. The summed E-state index contributed by atoms with van der Waals surface area (Å²) in [5, 5.41) is 2.48. The van der Waals surface area contributed by atoms with E-state index in [2.05, 4.69) is 5.32 Å². The van der Waals surface area contributed by atoms with Crippen molar-refractivity contribution >= 4 is 64.1 Å². The number of ether oxygens (including phenoxy) is 1. The van der Waals surface area contributed by atoms with E-state index in [1.54, 1.807) is 42.5 Å². The van der Waals surface area contributed by atoms with Crippen LogP contribution in [-0.2, 0) is 19.1 Å². The maximum Gasteiger partial charge on any atom is 0.338 e. The molecule has 0 bridgehead atoms. The van der Waals surface area contributed by atoms with Crippen LogP contribution in [0.3, 0.4) is 0 Å². The van der Waals surface area contributed by atoms with E-state index in [4.69, 9.17) is 22.1 Å². The highest BCUT2D eigenvalue weighted by Crippen LogP contribution is 2.34. The van der Waals surface area contributed by atoms with Crippen molar-refractivity contribution < 1.29 is 23.9 Å². The van der Waals surface area contributed by atoms with Crippen molar-refractivity contribution in [3.63, 3.8) is 0 Å². The zero-order valence-electron chi connectivity index (χ0n) is 18.3. The van der Waals surface area contributed by atoms with Gasteiger partial charge in [0.05, 0.1) is 16.5 Å². The van der Waals surface area contributed by atoms with Crippen LogP contribution in [-0.4, -0.2) is 35.5 Å². The summed E-state index contributed by atoms with van der Waals surface area (Å²) in [5.74, 6) is -1.90. The van der Waals surface area contributed by atoms with Gasteiger partial charge in [0.2, 0.25) is 11.8 Å². The molecule has 8 nitrogen and oxygen atoms in total. The Bertz CT molecular complexity index is 1300. The van der Waals surface area contributed by atoms with E-state index in [0.717, 1.165) is 9.80 Å². The molecule has 1 unspecified atom stereocenters. The topological polar surface area (TPSA) is 119 Å². The zero-order chi connectivity index (χ0) is 24.9. The Morgan fingerprint density at radius 3 is 2.51 bits per heavy atom. The van der Waals surface area contributed by atoms with Crippen molar-refractivity contribution in [1.29, 1.82) is 0 Å². The smallest absolute Gasteiger partial charge is 0.338 e. The first-order valence-corrected chi connectivity index (χ1v) is 11.8. The molecule has 4 rings (SSSR count). The first-order valence-electron chi connectivity index (χ1n) is 10.5. The minimum Gasteiger partial charge on any atom is -0.452 e. The van der Waals surface area contributed by atoms with Gasteiger partial charge in [0.1, 0.15) is 0 Å². The monoisotopic (exact) mass is 509 g/mol. The van der Waals surface area contributed by atoms with E-state index in [1.165, 1.54) is 36.0 Å². The lowest BCUT2D eigenvalue weighted by Gasteiger charge is -2.15. The van der Waals surface area contributed by atoms with Gasteiger partial charge in [-0.2, -0.15) is 0 Å². The molecule has 3 amide bonds. The number of carbonyl (C=O) groups excluding carboxylic acids is 4. The molecule has 1 saturated heterocycles. The Kier molecular flexibility index (Phi) is 7.38. The van der Waals surface area contributed by atoms with Crippen LogP contribution in [0.5, 0.6) is 0 Å². The minimum atomic E-state index is -0.716. The van der Waals surface area contributed by atoms with E-state index in [0.29, 0.717) is 22.1 Å². The molecule has 0 radical (unpaired) electrons. The fourth-order valence-electron chi connectivity index (χ4n) is 3.44. The van der Waals surface area contributed by atoms with Crippen molar-refractivity contribution in [2.24, 2.45) is 0 Å². The van der Waals surface area contributed by atoms with Gasteiger partial charge >= 0.3 is 5.97 Å². The third-order valence-corrected chi connectivity index (χ3v) is 6.46. The van der Waals surface area contributed by atoms with Crippen LogP contribution in [0.1, 0.15) is 16.8 Å². The quantitative estimate of drug-likeness (QED) is 0.279. The predicted octanol–water partition coefficient (Wildman–Crippen LogP) is 4.14. The van der Waals surface area contributed by atoms with Crippen LogP contribution in [0, 0.1) is 0 Å². The van der Waals surface area contributed by atoms with E-state index in [1.807, 2.05) is 6.07 Å². The van der Waals surface area contributed by atoms with Crippen LogP contribution < -0.4 is 16.0 Å². The minimum absolute atomic E-state index is 0.0594. The van der Waals surface area contributed by atoms with Crippen molar-refractivity contribution in [3.8, 4) is 0 Å². The highest BCUT2D eigenvalue weighted by atomic mass is 35.5. The first-order chi connectivity index (χ1) is 16.8. The molecule has 1 heterocycles. The molecular weight excluding hydrogens is 490 g/mol. The highest BCUT2D eigenvalue weighted by Gasteiger charge is 2.40. The van der Waals surface area contributed by atoms with Crippen molar-refractivity contribution in [1.82, 2.24) is 0 Å². The number of anilines is 3. The van der Waals surface area contributed by atoms with Gasteiger partial charge in [-0.1, -0.05) is 23.7 Å². The number of nitrogens with zero attached hydrogens (tertiary/aromatic N) is 1. The second-order valence-corrected chi connectivity index (χ2v) is 9.34. The molecule has 0 aromatic heterocycles. The molecule has 3 aromatic carbocycles. The van der Waals surface area contributed by atoms with Gasteiger partial charge in [0.15, 0.2) is 6.61 Å². The number of imide groups is 1. The second-order valence-electron chi connectivity index (χ2n) is 7.63. The van der Waals surface area contributed by atoms with E-state index >= 15 is 0 Å². The SMILES string of the molecule is Nc1cccc(SC2CC(=O)N(c3ccc(C(=O)OCC(=O)Nc4cccc(Cl)c4)cc3)C2=O)c1. The Hall–Kier alpha value is -3.82. The number of nitrogens with one attached hydrogen (secondary N) is 1. The molecule has 1 aliphatic rings. The molecule has 1 atom stereocenters. The summed E-state index contributed by atoms with van der Waals surface area (Å²) in [5.41, 5.74) is 7.38. The molecule has 1 fully saturated rings. The number of amides is 3. The van der Waals surface area contributed by atoms with Gasteiger partial charge < -0.3 is 15.8 Å². The number of halogens is 1. The number of esters is 1. The lowest BCUT2D eigenvalue weighted by Crippen LogP contribution is -2.31. The molecule has 0 spiro atoms. The molecule has 1 aliphatic heterocycles. The molecular formula is C25H20ClN3O5S. The molecule has 10 heteroatoms. The van der Waals surface area contributed by atoms with Gasteiger partial charge in [-0.3, -0.25) is 14.4 Å². The molecule has 3 aromatic rings. The largest absolute Gasteiger partial charge is 0.452 e. The number of nitrogen functional groups attached to an aromatic ring is 1. The maximum absolute atomic E-state index is 12.9. The van der Waals surface area contributed by atoms with Gasteiger partial charge in [-0.15, -0.1) is 11.8 Å². The fourth-order valence-corrected chi connectivity index (χ4v) is 4.76. The molecule has 178 valence electrons. The van der Waals surface area contributed by atoms with Crippen molar-refractivity contribution in [2.75, 3.05) is 22.6 Å². The van der Waals surface area contributed by atoms with Crippen LogP contribution >= 0.6 is 23.4 Å². The van der Waals surface area contributed by atoms with E-state index < -0.39 is 23.7 Å².